The van der Waals surface area contributed by atoms with E-state index >= 15 is 0 Å². The molecule has 2 aromatic rings. The number of aromatic carboxylic acids is 1. The smallest absolute Gasteiger partial charge is 0.419 e. The van der Waals surface area contributed by atoms with Gasteiger partial charge in [-0.1, -0.05) is 5.16 Å². The van der Waals surface area contributed by atoms with Crippen molar-refractivity contribution in [3.8, 4) is 11.3 Å². The van der Waals surface area contributed by atoms with Gasteiger partial charge >= 0.3 is 12.1 Å². The molecule has 1 heterocycles. The average molecular weight is 275 g/mol. The van der Waals surface area contributed by atoms with E-state index in [4.69, 9.17) is 5.11 Å². The molecule has 0 aliphatic heterocycles. The molecular weight excluding hydrogens is 270 g/mol. The van der Waals surface area contributed by atoms with Crippen LogP contribution in [0.15, 0.2) is 28.9 Å². The molecule has 1 aromatic carbocycles. The van der Waals surface area contributed by atoms with Gasteiger partial charge in [0.1, 0.15) is 11.4 Å². The number of benzene rings is 1. The SMILES string of the molecule is O=C(O)c1cnoc1-c1ccc(F)c(C(F)(F)F)c1. The van der Waals surface area contributed by atoms with E-state index in [1.807, 2.05) is 0 Å². The van der Waals surface area contributed by atoms with Crippen LogP contribution in [0.2, 0.25) is 0 Å². The number of nitrogens with zero attached hydrogens (tertiary/aromatic N) is 1. The van der Waals surface area contributed by atoms with Crippen LogP contribution in [-0.4, -0.2) is 16.2 Å². The number of carbonyl (C=O) groups is 1. The van der Waals surface area contributed by atoms with Crippen LogP contribution in [0.1, 0.15) is 15.9 Å². The molecule has 100 valence electrons. The van der Waals surface area contributed by atoms with Crippen LogP contribution in [0.25, 0.3) is 11.3 Å². The summed E-state index contributed by atoms with van der Waals surface area (Å²) in [5.74, 6) is -3.22. The van der Waals surface area contributed by atoms with Crippen molar-refractivity contribution in [3.05, 3.63) is 41.3 Å². The number of rotatable bonds is 2. The van der Waals surface area contributed by atoms with Gasteiger partial charge in [0.05, 0.1) is 11.8 Å². The number of aromatic nitrogens is 1. The average Bonchev–Trinajstić information content (AvgIpc) is 2.77. The van der Waals surface area contributed by atoms with E-state index in [0.717, 1.165) is 12.3 Å². The predicted octanol–water partition coefficient (Wildman–Crippen LogP) is 3.20. The zero-order valence-corrected chi connectivity index (χ0v) is 9.03. The highest BCUT2D eigenvalue weighted by atomic mass is 19.4. The van der Waals surface area contributed by atoms with E-state index in [2.05, 4.69) is 9.68 Å². The van der Waals surface area contributed by atoms with Gasteiger partial charge in [-0.15, -0.1) is 0 Å². The topological polar surface area (TPSA) is 63.3 Å². The fourth-order valence-electron chi connectivity index (χ4n) is 1.48. The van der Waals surface area contributed by atoms with Gasteiger partial charge in [-0.3, -0.25) is 0 Å². The Morgan fingerprint density at radius 2 is 2.00 bits per heavy atom. The molecule has 0 radical (unpaired) electrons. The lowest BCUT2D eigenvalue weighted by Gasteiger charge is -2.09. The first-order valence-corrected chi connectivity index (χ1v) is 4.86. The summed E-state index contributed by atoms with van der Waals surface area (Å²) in [6.07, 6.45) is -4.03. The first kappa shape index (κ1) is 13.1. The molecule has 0 unspecified atom stereocenters. The Hall–Kier alpha value is -2.38. The van der Waals surface area contributed by atoms with Crippen LogP contribution < -0.4 is 0 Å². The van der Waals surface area contributed by atoms with Gasteiger partial charge in [-0.05, 0) is 18.2 Å². The van der Waals surface area contributed by atoms with Crippen LogP contribution in [0.4, 0.5) is 17.6 Å². The van der Waals surface area contributed by atoms with Crippen molar-refractivity contribution in [2.45, 2.75) is 6.18 Å². The van der Waals surface area contributed by atoms with Crippen molar-refractivity contribution in [1.29, 1.82) is 0 Å². The lowest BCUT2D eigenvalue weighted by molar-refractivity contribution is -0.139. The maximum atomic E-state index is 13.1. The Bertz CT molecular complexity index is 633. The second-order valence-electron chi connectivity index (χ2n) is 3.57. The number of carboxylic acids is 1. The van der Waals surface area contributed by atoms with Crippen LogP contribution in [0.3, 0.4) is 0 Å². The fraction of sp³-hybridized carbons (Fsp3) is 0.0909. The number of carboxylic acid groups (broad SMARTS) is 1. The molecule has 0 aliphatic carbocycles. The monoisotopic (exact) mass is 275 g/mol. The third kappa shape index (κ3) is 2.42. The molecule has 0 saturated carbocycles. The number of hydrogen-bond acceptors (Lipinski definition) is 3. The summed E-state index contributed by atoms with van der Waals surface area (Å²) in [6.45, 7) is 0. The van der Waals surface area contributed by atoms with Crippen molar-refractivity contribution in [3.63, 3.8) is 0 Å². The quantitative estimate of drug-likeness (QED) is 0.855. The molecule has 1 aromatic heterocycles. The highest BCUT2D eigenvalue weighted by molar-refractivity contribution is 5.93. The van der Waals surface area contributed by atoms with Crippen molar-refractivity contribution in [2.24, 2.45) is 0 Å². The summed E-state index contributed by atoms with van der Waals surface area (Å²) >= 11 is 0. The Kier molecular flexibility index (Phi) is 3.01. The molecule has 8 heteroatoms. The van der Waals surface area contributed by atoms with E-state index in [9.17, 15) is 22.4 Å². The lowest BCUT2D eigenvalue weighted by atomic mass is 10.1. The van der Waals surface area contributed by atoms with Gasteiger partial charge in [-0.25, -0.2) is 9.18 Å². The maximum absolute atomic E-state index is 13.1. The molecule has 0 atom stereocenters. The van der Waals surface area contributed by atoms with Crippen molar-refractivity contribution in [1.82, 2.24) is 5.16 Å². The molecule has 0 amide bonds. The Balaban J connectivity index is 2.58. The third-order valence-electron chi connectivity index (χ3n) is 2.33. The van der Waals surface area contributed by atoms with Gasteiger partial charge in [0.2, 0.25) is 0 Å². The summed E-state index contributed by atoms with van der Waals surface area (Å²) < 4.78 is 55.3. The van der Waals surface area contributed by atoms with E-state index in [0.29, 0.717) is 12.1 Å². The zero-order chi connectivity index (χ0) is 14.2. The van der Waals surface area contributed by atoms with Crippen LogP contribution in [0, 0.1) is 5.82 Å². The number of hydrogen-bond donors (Lipinski definition) is 1. The van der Waals surface area contributed by atoms with Gasteiger partial charge in [0.15, 0.2) is 5.76 Å². The van der Waals surface area contributed by atoms with Crippen LogP contribution in [0.5, 0.6) is 0 Å². The summed E-state index contributed by atoms with van der Waals surface area (Å²) in [5.41, 5.74) is -2.12. The molecule has 19 heavy (non-hydrogen) atoms. The van der Waals surface area contributed by atoms with Crippen molar-refractivity contribution < 1.29 is 32.0 Å². The summed E-state index contributed by atoms with van der Waals surface area (Å²) in [6, 6.07) is 2.05. The Morgan fingerprint density at radius 3 is 2.58 bits per heavy atom. The molecule has 0 fully saturated rings. The van der Waals surface area contributed by atoms with Crippen molar-refractivity contribution in [2.75, 3.05) is 0 Å². The molecule has 0 saturated heterocycles. The minimum atomic E-state index is -4.89. The maximum Gasteiger partial charge on any atom is 0.419 e. The van der Waals surface area contributed by atoms with Crippen LogP contribution >= 0.6 is 0 Å². The molecule has 2 rings (SSSR count). The van der Waals surface area contributed by atoms with E-state index < -0.39 is 29.1 Å². The molecular formula is C11H5F4NO3. The van der Waals surface area contributed by atoms with Gasteiger partial charge in [0, 0.05) is 5.56 Å². The molecule has 0 spiro atoms. The first-order chi connectivity index (χ1) is 8.80. The fourth-order valence-corrected chi connectivity index (χ4v) is 1.48. The minimum Gasteiger partial charge on any atom is -0.477 e. The lowest BCUT2D eigenvalue weighted by Crippen LogP contribution is -2.08. The second kappa shape index (κ2) is 4.38. The highest BCUT2D eigenvalue weighted by Gasteiger charge is 2.34. The normalized spacial score (nSPS) is 11.6. The summed E-state index contributed by atoms with van der Waals surface area (Å²) in [4.78, 5) is 10.8. The van der Waals surface area contributed by atoms with E-state index in [1.54, 1.807) is 0 Å². The van der Waals surface area contributed by atoms with E-state index in [-0.39, 0.29) is 11.3 Å². The first-order valence-electron chi connectivity index (χ1n) is 4.86. The van der Waals surface area contributed by atoms with E-state index in [1.165, 1.54) is 0 Å². The van der Waals surface area contributed by atoms with Gasteiger partial charge in [-0.2, -0.15) is 13.2 Å². The second-order valence-corrected chi connectivity index (χ2v) is 3.57. The van der Waals surface area contributed by atoms with Gasteiger partial charge < -0.3 is 9.63 Å². The molecule has 1 N–H and O–H groups in total. The zero-order valence-electron chi connectivity index (χ0n) is 9.03. The molecule has 0 aliphatic rings. The third-order valence-corrected chi connectivity index (χ3v) is 2.33. The summed E-state index contributed by atoms with van der Waals surface area (Å²) in [7, 11) is 0. The number of alkyl halides is 3. The predicted molar refractivity (Wildman–Crippen MR) is 53.9 cm³/mol. The minimum absolute atomic E-state index is 0.219. The Morgan fingerprint density at radius 1 is 1.32 bits per heavy atom. The standard InChI is InChI=1S/C11H5F4NO3/c12-8-2-1-5(3-7(8)11(13,14)15)9-6(10(17)18)4-16-19-9/h1-4H,(H,17,18). The number of halogens is 4. The van der Waals surface area contributed by atoms with Gasteiger partial charge in [0.25, 0.3) is 0 Å². The molecule has 0 bridgehead atoms. The molecule has 4 nitrogen and oxygen atoms in total. The Labute approximate surface area is 103 Å². The summed E-state index contributed by atoms with van der Waals surface area (Å²) in [5, 5.41) is 12.0. The largest absolute Gasteiger partial charge is 0.477 e. The highest BCUT2D eigenvalue weighted by Crippen LogP contribution is 2.35. The van der Waals surface area contributed by atoms with Crippen molar-refractivity contribution >= 4 is 5.97 Å². The van der Waals surface area contributed by atoms with Crippen LogP contribution in [-0.2, 0) is 6.18 Å².